The fraction of sp³-hybridized carbons (Fsp3) is 0.833. The van der Waals surface area contributed by atoms with E-state index in [-0.39, 0.29) is 124 Å². The van der Waals surface area contributed by atoms with Crippen molar-refractivity contribution in [3.8, 4) is 0 Å². The number of fused-ring (bicyclic) bond motifs is 5. The number of carbonyl (C=O) groups is 2. The molecule has 0 aromatic carbocycles. The molecule has 5 saturated heterocycles. The molecule has 10 aliphatic rings. The number of rotatable bonds is 4. The Bertz CT molecular complexity index is 4580. The normalized spacial score (nSPS) is 23.1. The Morgan fingerprint density at radius 2 is 0.570 bits per heavy atom. The lowest BCUT2D eigenvalue weighted by molar-refractivity contribution is 0.0969. The number of carbonyl (C=O) groups excluding carboxylic acids is 2. The molecule has 0 saturated carbocycles. The van der Waals surface area contributed by atoms with Crippen LogP contribution in [0.1, 0.15) is 318 Å². The van der Waals surface area contributed by atoms with E-state index in [9.17, 15) is 26.4 Å². The van der Waals surface area contributed by atoms with Gasteiger partial charge in [0.05, 0.1) is 76.4 Å². The highest BCUT2D eigenvalue weighted by Gasteiger charge is 2.53. The predicted molar refractivity (Wildman–Crippen MR) is 538 cm³/mol. The molecule has 0 aromatic heterocycles. The van der Waals surface area contributed by atoms with Crippen molar-refractivity contribution in [3.05, 3.63) is 56.4 Å². The summed E-state index contributed by atoms with van der Waals surface area (Å²) in [4.78, 5) is 66.5. The van der Waals surface area contributed by atoms with Gasteiger partial charge < -0.3 is 49.1 Å². The highest BCUT2D eigenvalue weighted by atomic mass is 32.2. The Morgan fingerprint density at radius 3 is 0.805 bits per heavy atom. The zero-order chi connectivity index (χ0) is 99.1. The van der Waals surface area contributed by atoms with E-state index in [2.05, 4.69) is 346 Å². The van der Waals surface area contributed by atoms with Gasteiger partial charge in [-0.1, -0.05) is 312 Å². The van der Waals surface area contributed by atoms with Crippen molar-refractivity contribution in [3.63, 3.8) is 0 Å². The van der Waals surface area contributed by atoms with E-state index in [1.165, 1.54) is 71.2 Å². The molecular weight excluding hydrogens is 1640 g/mol. The summed E-state index contributed by atoms with van der Waals surface area (Å²) in [6, 6.07) is 0.520. The molecule has 10 aliphatic heterocycles. The molecule has 0 aromatic rings. The fourth-order valence-corrected chi connectivity index (χ4v) is 21.0. The third kappa shape index (κ3) is 26.3. The number of nitrogens with one attached hydrogen (secondary N) is 2. The number of ether oxygens (including phenoxy) is 2. The van der Waals surface area contributed by atoms with Crippen molar-refractivity contribution in [2.75, 3.05) is 125 Å². The van der Waals surface area contributed by atoms with Gasteiger partial charge in [0, 0.05) is 135 Å². The summed E-state index contributed by atoms with van der Waals surface area (Å²) < 4.78 is 65.3. The van der Waals surface area contributed by atoms with Crippen LogP contribution in [-0.2, 0) is 29.7 Å². The Labute approximate surface area is 782 Å². The minimum atomic E-state index is -3.46. The maximum atomic E-state index is 12.5. The topological polar surface area (TPSA) is 236 Å². The third-order valence-electron chi connectivity index (χ3n) is 25.1. The highest BCUT2D eigenvalue weighted by molar-refractivity contribution is 7.88. The summed E-state index contributed by atoms with van der Waals surface area (Å²) in [6.07, 6.45) is 0.839. The minimum Gasteiger partial charge on any atom is -0.453 e. The maximum Gasteiger partial charge on any atom is 0.410 e. The van der Waals surface area contributed by atoms with Gasteiger partial charge in [-0.15, -0.1) is 0 Å². The van der Waals surface area contributed by atoms with Gasteiger partial charge in [-0.3, -0.25) is 25.0 Å². The Morgan fingerprint density at radius 1 is 0.336 bits per heavy atom. The molecule has 5 fully saturated rings. The van der Waals surface area contributed by atoms with Gasteiger partial charge in [0.15, 0.2) is 0 Å². The lowest BCUT2D eigenvalue weighted by Crippen LogP contribution is -2.57. The smallest absolute Gasteiger partial charge is 0.410 e. The number of methoxy groups -OCH3 is 1. The molecule has 0 aliphatic carbocycles. The van der Waals surface area contributed by atoms with Gasteiger partial charge in [-0.2, -0.15) is 17.0 Å². The second-order valence-corrected chi connectivity index (χ2v) is 56.9. The molecule has 0 bridgehead atoms. The first kappa shape index (κ1) is 111. The molecule has 10 heterocycles. The monoisotopic (exact) mass is 1830 g/mol. The summed E-state index contributed by atoms with van der Waals surface area (Å²) in [6.45, 7) is 113. The molecule has 128 heavy (non-hydrogen) atoms. The molecule has 5 unspecified atom stereocenters. The van der Waals surface area contributed by atoms with Gasteiger partial charge in [0.25, 0.3) is 10.2 Å². The summed E-state index contributed by atoms with van der Waals surface area (Å²) >= 11 is 0. The number of hydrogen-bond acceptors (Lipinski definition) is 19. The molecule has 2 N–H and O–H groups in total. The second kappa shape index (κ2) is 38.2. The lowest BCUT2D eigenvalue weighted by Gasteiger charge is -2.50. The van der Waals surface area contributed by atoms with Crippen LogP contribution in [0.5, 0.6) is 0 Å². The van der Waals surface area contributed by atoms with Crippen LogP contribution in [0.4, 0.5) is 9.59 Å². The first-order valence-corrected chi connectivity index (χ1v) is 51.0. The first-order chi connectivity index (χ1) is 57.1. The summed E-state index contributed by atoms with van der Waals surface area (Å²) in [5, 5.41) is 3.58. The predicted octanol–water partition coefficient (Wildman–Crippen LogP) is 20.5. The standard InChI is InChI=1S/C22H39N3O2.C21H37N3O2.C20H38N4O2S.C20H37N3O2S.C19H35N3/c1-11-27-19(26)24-12-13-25-15(14-24)16(20(2,3)4)17(21(5,6)7)23-18(25)22(8,9)10;1-19(2,3)15-14-13-23(18(25)26-10)11-12-24(14)17(21(7,8)9)22-16(15)20(4,5)6;1-18(2,3)15-14-13-23(27(25,26)21-10)11-12-24(14)17(20(7,8)9)22-16(15)19(4,5)6;1-18(2,3)15-14-13-22(26(10,24)25)11-12-23(14)17(20(7,8)9)21-16(15)19(4,5)6;1-17(2,3)14-13-12-20-10-11-22(13)16(19(7,8)9)21-15(14)18(4,5)6/h17H,11-14H2,1-10H3;16H,11-13H2,1-10H3;16,21H,11-13H2,1-10H3;16H,11-13H2,1-10H3;15,20H,10-12H2,1-9H3. The number of amides is 2. The van der Waals surface area contributed by atoms with E-state index >= 15 is 0 Å². The Balaban J connectivity index is 0.000000247. The largest absolute Gasteiger partial charge is 0.453 e. The zero-order valence-corrected chi connectivity index (χ0v) is 92.2. The number of piperazine rings is 5. The maximum absolute atomic E-state index is 12.5. The molecule has 0 radical (unpaired) electrons. The van der Waals surface area contributed by atoms with Gasteiger partial charge in [0.1, 0.15) is 29.2 Å². The average molecular weight is 1830 g/mol. The van der Waals surface area contributed by atoms with Crippen LogP contribution in [-0.4, -0.2) is 257 Å². The van der Waals surface area contributed by atoms with Crippen molar-refractivity contribution in [2.24, 2.45) is 106 Å². The van der Waals surface area contributed by atoms with Crippen molar-refractivity contribution >= 4 is 61.6 Å². The molecule has 734 valence electrons. The fourth-order valence-electron chi connectivity index (χ4n) is 19.4. The van der Waals surface area contributed by atoms with Gasteiger partial charge in [-0.25, -0.2) is 22.7 Å². The Kier molecular flexibility index (Phi) is 33.2. The van der Waals surface area contributed by atoms with Crippen molar-refractivity contribution in [1.82, 2.24) is 52.9 Å². The van der Waals surface area contributed by atoms with Crippen LogP contribution < -0.4 is 10.0 Å². The van der Waals surface area contributed by atoms with Crippen LogP contribution in [0.3, 0.4) is 0 Å². The number of amidine groups is 5. The first-order valence-electron chi connectivity index (χ1n) is 47.7. The van der Waals surface area contributed by atoms with Crippen LogP contribution in [0.2, 0.25) is 0 Å². The van der Waals surface area contributed by atoms with Gasteiger partial charge in [0.2, 0.25) is 10.0 Å². The number of nitrogens with zero attached hydrogens (tertiary/aromatic N) is 14. The SMILES string of the molecule is CC(C)(C)C1=NC(C(C)(C)C)C(C(C)(C)C)=C2CN(S(C)(=O)=O)CCN12.CC(C)(C)C1=NC(C(C)(C)C)C(C(C)(C)C)=C2CNCCN12.CCOC(=O)N1CCN2C(C(C)(C)C)=NC(C(C)(C)C)C(C(C)(C)C)=C2C1.CNS(=O)(=O)N1CCN2C(C(C)(C)C)=NC(C(C)(C)C)C(C(C)(C)C)=C2C1.COC(=O)N1CCN2C(C(C)(C)C)=NC(C(C)(C)C)C(C(C)(C)C)=C2C1. The van der Waals surface area contributed by atoms with Crippen LogP contribution >= 0.6 is 0 Å². The molecule has 26 heteroatoms. The van der Waals surface area contributed by atoms with Gasteiger partial charge >= 0.3 is 12.2 Å². The van der Waals surface area contributed by atoms with E-state index in [1.54, 1.807) is 8.61 Å². The van der Waals surface area contributed by atoms with E-state index in [1.807, 2.05) is 16.7 Å². The summed E-state index contributed by atoms with van der Waals surface area (Å²) in [5.41, 5.74) is 12.6. The molecular formula is C102H186N16O8S2. The van der Waals surface area contributed by atoms with Crippen molar-refractivity contribution in [2.45, 2.75) is 349 Å². The van der Waals surface area contributed by atoms with E-state index in [4.69, 9.17) is 34.4 Å². The molecule has 24 nitrogen and oxygen atoms in total. The Hall–Kier alpha value is -5.67. The minimum absolute atomic E-state index is 0.00437. The summed E-state index contributed by atoms with van der Waals surface area (Å²) in [5.74, 6) is 5.66. The quantitative estimate of drug-likeness (QED) is 0.266. The van der Waals surface area contributed by atoms with Crippen molar-refractivity contribution in [1.29, 1.82) is 0 Å². The number of hydrogen-bond donors (Lipinski definition) is 2. The van der Waals surface area contributed by atoms with Gasteiger partial charge in [-0.05, 0) is 88.9 Å². The second-order valence-electron chi connectivity index (χ2n) is 53.0. The van der Waals surface area contributed by atoms with Crippen LogP contribution in [0.25, 0.3) is 0 Å². The highest BCUT2D eigenvalue weighted by Crippen LogP contribution is 2.53. The molecule has 10 rings (SSSR count). The van der Waals surface area contributed by atoms with E-state index in [0.717, 1.165) is 67.5 Å². The molecule has 0 spiro atoms. The number of sulfonamides is 1. The van der Waals surface area contributed by atoms with E-state index in [0.29, 0.717) is 72.1 Å². The molecule has 5 atom stereocenters. The number of aliphatic imine (C=N–C) groups is 5. The van der Waals surface area contributed by atoms with Crippen LogP contribution in [0, 0.1) is 81.2 Å². The zero-order valence-electron chi connectivity index (χ0n) is 90.5. The third-order valence-corrected chi connectivity index (χ3v) is 27.8. The van der Waals surface area contributed by atoms with Crippen molar-refractivity contribution < 1.29 is 35.9 Å². The van der Waals surface area contributed by atoms with Crippen LogP contribution in [0.15, 0.2) is 81.3 Å². The summed E-state index contributed by atoms with van der Waals surface area (Å²) in [7, 11) is -3.76. The lowest BCUT2D eigenvalue weighted by atomic mass is 9.70. The van der Waals surface area contributed by atoms with E-state index < -0.39 is 20.2 Å². The average Bonchev–Trinajstić information content (AvgIpc) is 0.746. The molecule has 2 amide bonds.